The van der Waals surface area contributed by atoms with E-state index in [9.17, 15) is 9.59 Å². The number of H-pyrrole nitrogens is 1. The van der Waals surface area contributed by atoms with Crippen molar-refractivity contribution in [1.29, 1.82) is 0 Å². The Morgan fingerprint density at radius 3 is 3.04 bits per heavy atom. The number of benzene rings is 1. The molecular weight excluding hydrogens is 330 g/mol. The molecule has 0 saturated carbocycles. The fraction of sp³-hybridized carbons (Fsp3) is 0.438. The average molecular weight is 349 g/mol. The first-order valence-corrected chi connectivity index (χ1v) is 9.30. The summed E-state index contributed by atoms with van der Waals surface area (Å²) in [6, 6.07) is 7.51. The fourth-order valence-corrected chi connectivity index (χ4v) is 4.13. The maximum Gasteiger partial charge on any atom is 0.262 e. The maximum absolute atomic E-state index is 12.5. The van der Waals surface area contributed by atoms with Crippen molar-refractivity contribution in [2.45, 2.75) is 31.8 Å². The molecule has 0 radical (unpaired) electrons. The molecule has 1 aromatic heterocycles. The molecule has 23 heavy (non-hydrogen) atoms. The van der Waals surface area contributed by atoms with E-state index in [2.05, 4.69) is 10.3 Å². The molecular formula is C16H19N3O2S2. The number of amides is 1. The van der Waals surface area contributed by atoms with Gasteiger partial charge in [-0.25, -0.2) is 0 Å². The lowest BCUT2D eigenvalue weighted by molar-refractivity contribution is -0.121. The first-order valence-electron chi connectivity index (χ1n) is 7.74. The molecule has 0 bridgehead atoms. The highest BCUT2D eigenvalue weighted by atomic mass is 32.2. The number of hydrogen-bond acceptors (Lipinski definition) is 4. The van der Waals surface area contributed by atoms with Gasteiger partial charge in [-0.3, -0.25) is 14.2 Å². The van der Waals surface area contributed by atoms with Crippen LogP contribution in [0.25, 0.3) is 10.9 Å². The molecule has 1 aliphatic heterocycles. The summed E-state index contributed by atoms with van der Waals surface area (Å²) in [7, 11) is 0. The van der Waals surface area contributed by atoms with Gasteiger partial charge in [0.2, 0.25) is 5.91 Å². The Labute approximate surface area is 143 Å². The third kappa shape index (κ3) is 3.84. The second-order valence-corrected chi connectivity index (χ2v) is 7.20. The summed E-state index contributed by atoms with van der Waals surface area (Å²) >= 11 is 7.13. The van der Waals surface area contributed by atoms with Crippen molar-refractivity contribution in [2.75, 3.05) is 11.5 Å². The van der Waals surface area contributed by atoms with E-state index in [1.165, 1.54) is 10.3 Å². The quantitative estimate of drug-likeness (QED) is 0.832. The van der Waals surface area contributed by atoms with Gasteiger partial charge in [0, 0.05) is 24.8 Å². The second-order valence-electron chi connectivity index (χ2n) is 5.66. The van der Waals surface area contributed by atoms with Crippen LogP contribution in [0.3, 0.4) is 0 Å². The van der Waals surface area contributed by atoms with E-state index in [1.807, 2.05) is 30.0 Å². The van der Waals surface area contributed by atoms with Crippen LogP contribution >= 0.6 is 24.0 Å². The van der Waals surface area contributed by atoms with Crippen LogP contribution in [-0.4, -0.2) is 33.0 Å². The molecule has 0 aliphatic carbocycles. The summed E-state index contributed by atoms with van der Waals surface area (Å²) in [4.78, 5) is 27.6. The molecule has 2 N–H and O–H groups in total. The maximum atomic E-state index is 12.5. The minimum atomic E-state index is -0.148. The fourth-order valence-electron chi connectivity index (χ4n) is 2.77. The molecule has 1 unspecified atom stereocenters. The van der Waals surface area contributed by atoms with E-state index < -0.39 is 0 Å². The van der Waals surface area contributed by atoms with E-state index in [-0.39, 0.29) is 23.9 Å². The number of aromatic nitrogens is 2. The van der Waals surface area contributed by atoms with Gasteiger partial charge < -0.3 is 10.3 Å². The van der Waals surface area contributed by atoms with Crippen molar-refractivity contribution in [2.24, 2.45) is 0 Å². The van der Waals surface area contributed by atoms with Gasteiger partial charge in [0.1, 0.15) is 0 Å². The molecule has 5 nitrogen and oxygen atoms in total. The summed E-state index contributed by atoms with van der Waals surface area (Å²) < 4.78 is 1.82. The molecule has 2 aromatic rings. The van der Waals surface area contributed by atoms with Gasteiger partial charge in [0.05, 0.1) is 10.9 Å². The summed E-state index contributed by atoms with van der Waals surface area (Å²) in [5.41, 5.74) is 0.577. The van der Waals surface area contributed by atoms with Crippen LogP contribution in [0.5, 0.6) is 0 Å². The van der Waals surface area contributed by atoms with Crippen molar-refractivity contribution in [3.63, 3.8) is 0 Å². The van der Waals surface area contributed by atoms with Gasteiger partial charge in [-0.15, -0.1) is 0 Å². The van der Waals surface area contributed by atoms with E-state index in [1.54, 1.807) is 6.07 Å². The number of para-hydroxylation sites is 1. The highest BCUT2D eigenvalue weighted by molar-refractivity contribution is 7.99. The third-order valence-corrected chi connectivity index (χ3v) is 5.52. The number of fused-ring (bicyclic) bond motifs is 1. The Balaban J connectivity index is 1.70. The number of nitrogens with zero attached hydrogens (tertiary/aromatic N) is 1. The van der Waals surface area contributed by atoms with Gasteiger partial charge >= 0.3 is 0 Å². The van der Waals surface area contributed by atoms with Crippen molar-refractivity contribution in [3.8, 4) is 0 Å². The Morgan fingerprint density at radius 2 is 2.26 bits per heavy atom. The van der Waals surface area contributed by atoms with Gasteiger partial charge in [0.15, 0.2) is 4.77 Å². The lowest BCUT2D eigenvalue weighted by Crippen LogP contribution is -2.39. The third-order valence-electron chi connectivity index (χ3n) is 3.98. The van der Waals surface area contributed by atoms with Crippen LogP contribution in [0, 0.1) is 4.77 Å². The zero-order chi connectivity index (χ0) is 16.2. The van der Waals surface area contributed by atoms with Crippen molar-refractivity contribution >= 4 is 40.8 Å². The SMILES string of the molecule is O=C(CCn1c(=S)[nH]c2ccccc2c1=O)NC1CCCSC1. The predicted octanol–water partition coefficient (Wildman–Crippen LogP) is 2.46. The van der Waals surface area contributed by atoms with E-state index >= 15 is 0 Å². The van der Waals surface area contributed by atoms with Crippen LogP contribution in [-0.2, 0) is 11.3 Å². The van der Waals surface area contributed by atoms with Crippen molar-refractivity contribution in [1.82, 2.24) is 14.9 Å². The average Bonchev–Trinajstić information content (AvgIpc) is 2.55. The molecule has 1 aromatic carbocycles. The van der Waals surface area contributed by atoms with Crippen LogP contribution in [0.1, 0.15) is 19.3 Å². The number of rotatable bonds is 4. The largest absolute Gasteiger partial charge is 0.352 e. The Kier molecular flexibility index (Phi) is 5.17. The van der Waals surface area contributed by atoms with Gasteiger partial charge in [-0.05, 0) is 42.9 Å². The lowest BCUT2D eigenvalue weighted by atomic mass is 10.2. The highest BCUT2D eigenvalue weighted by Gasteiger charge is 2.16. The molecule has 1 atom stereocenters. The van der Waals surface area contributed by atoms with Gasteiger partial charge in [-0.2, -0.15) is 11.8 Å². The monoisotopic (exact) mass is 349 g/mol. The first kappa shape index (κ1) is 16.3. The van der Waals surface area contributed by atoms with Gasteiger partial charge in [-0.1, -0.05) is 12.1 Å². The molecule has 1 fully saturated rings. The Bertz CT molecular complexity index is 822. The number of nitrogens with one attached hydrogen (secondary N) is 2. The Hall–Kier alpha value is -1.60. The highest BCUT2D eigenvalue weighted by Crippen LogP contribution is 2.16. The molecule has 1 amide bonds. The topological polar surface area (TPSA) is 66.9 Å². The summed E-state index contributed by atoms with van der Waals surface area (Å²) in [5.74, 6) is 2.13. The molecule has 2 heterocycles. The number of thioether (sulfide) groups is 1. The van der Waals surface area contributed by atoms with Crippen LogP contribution in [0.2, 0.25) is 0 Å². The van der Waals surface area contributed by atoms with Gasteiger partial charge in [0.25, 0.3) is 5.56 Å². The second kappa shape index (κ2) is 7.31. The normalized spacial score (nSPS) is 18.0. The number of aromatic amines is 1. The standard InChI is InChI=1S/C16H19N3O2S2/c20-14(17-11-4-3-9-23-10-11)7-8-19-15(21)12-5-1-2-6-13(12)18-16(19)22/h1-2,5-6,11H,3-4,7-10H2,(H,17,20)(H,18,22). The predicted molar refractivity (Wildman–Crippen MR) is 96.5 cm³/mol. The van der Waals surface area contributed by atoms with Crippen molar-refractivity contribution < 1.29 is 4.79 Å². The first-order chi connectivity index (χ1) is 11.1. The number of hydrogen-bond donors (Lipinski definition) is 2. The number of carbonyl (C=O) groups is 1. The molecule has 7 heteroatoms. The molecule has 1 aliphatic rings. The molecule has 1 saturated heterocycles. The van der Waals surface area contributed by atoms with E-state index in [0.29, 0.717) is 16.7 Å². The van der Waals surface area contributed by atoms with Crippen LogP contribution < -0.4 is 10.9 Å². The smallest absolute Gasteiger partial charge is 0.262 e. The van der Waals surface area contributed by atoms with Crippen LogP contribution in [0.4, 0.5) is 0 Å². The Morgan fingerprint density at radius 1 is 1.43 bits per heavy atom. The molecule has 3 rings (SSSR count). The van der Waals surface area contributed by atoms with Crippen molar-refractivity contribution in [3.05, 3.63) is 39.4 Å². The lowest BCUT2D eigenvalue weighted by Gasteiger charge is -2.22. The summed E-state index contributed by atoms with van der Waals surface area (Å²) in [5, 5.41) is 3.63. The summed E-state index contributed by atoms with van der Waals surface area (Å²) in [6.45, 7) is 0.296. The zero-order valence-electron chi connectivity index (χ0n) is 12.7. The summed E-state index contributed by atoms with van der Waals surface area (Å²) in [6.07, 6.45) is 2.44. The number of carbonyl (C=O) groups excluding carboxylic acids is 1. The van der Waals surface area contributed by atoms with E-state index in [4.69, 9.17) is 12.2 Å². The van der Waals surface area contributed by atoms with E-state index in [0.717, 1.165) is 24.1 Å². The van der Waals surface area contributed by atoms with Crippen LogP contribution in [0.15, 0.2) is 29.1 Å². The zero-order valence-corrected chi connectivity index (χ0v) is 14.3. The molecule has 122 valence electrons. The minimum absolute atomic E-state index is 0.0213. The minimum Gasteiger partial charge on any atom is -0.352 e. The molecule has 0 spiro atoms.